The van der Waals surface area contributed by atoms with Crippen molar-refractivity contribution < 1.29 is 17.9 Å². The van der Waals surface area contributed by atoms with Crippen LogP contribution < -0.4 is 5.56 Å². The molecule has 2 aromatic carbocycles. The van der Waals surface area contributed by atoms with Crippen LogP contribution >= 0.6 is 0 Å². The van der Waals surface area contributed by atoms with Crippen LogP contribution in [0.15, 0.2) is 52.2 Å². The van der Waals surface area contributed by atoms with Gasteiger partial charge in [0.1, 0.15) is 5.82 Å². The van der Waals surface area contributed by atoms with E-state index in [0.29, 0.717) is 54.4 Å². The predicted molar refractivity (Wildman–Crippen MR) is 139 cm³/mol. The maximum absolute atomic E-state index is 13.3. The first-order valence-electron chi connectivity index (χ1n) is 12.3. The second-order valence-electron chi connectivity index (χ2n) is 9.51. The number of aromatic nitrogens is 5. The van der Waals surface area contributed by atoms with E-state index < -0.39 is 16.0 Å². The third-order valence-electron chi connectivity index (χ3n) is 6.90. The summed E-state index contributed by atoms with van der Waals surface area (Å²) in [6.07, 6.45) is 1.05. The van der Waals surface area contributed by atoms with Crippen molar-refractivity contribution in [2.45, 2.75) is 44.0 Å². The summed E-state index contributed by atoms with van der Waals surface area (Å²) in [5.74, 6) is -0.0378. The molecule has 0 aliphatic carbocycles. The van der Waals surface area contributed by atoms with Crippen molar-refractivity contribution in [3.63, 3.8) is 0 Å². The second kappa shape index (κ2) is 10.1. The smallest absolute Gasteiger partial charge is 0.337 e. The van der Waals surface area contributed by atoms with E-state index in [9.17, 15) is 18.0 Å². The Hall–Kier alpha value is -3.90. The molecule has 0 amide bonds. The zero-order valence-corrected chi connectivity index (χ0v) is 22.2. The summed E-state index contributed by atoms with van der Waals surface area (Å²) in [6.45, 7) is 4.63. The largest absolute Gasteiger partial charge is 0.465 e. The molecule has 38 heavy (non-hydrogen) atoms. The van der Waals surface area contributed by atoms with Crippen molar-refractivity contribution in [3.8, 4) is 0 Å². The van der Waals surface area contributed by atoms with Crippen molar-refractivity contribution >= 4 is 27.2 Å². The molecular formula is C26H28N6O5S. The topological polar surface area (TPSA) is 140 Å². The van der Waals surface area contributed by atoms with E-state index in [1.54, 1.807) is 41.9 Å². The van der Waals surface area contributed by atoms with Crippen molar-refractivity contribution in [2.24, 2.45) is 0 Å². The highest BCUT2D eigenvalue weighted by atomic mass is 32.2. The number of carbonyl (C=O) groups excluding carboxylic acids is 1. The molecule has 0 radical (unpaired) electrons. The average Bonchev–Trinajstić information content (AvgIpc) is 3.33. The van der Waals surface area contributed by atoms with Gasteiger partial charge in [-0.15, -0.1) is 5.10 Å². The van der Waals surface area contributed by atoms with Gasteiger partial charge in [0.25, 0.3) is 5.56 Å². The number of fused-ring (bicyclic) bond motifs is 1. The Labute approximate surface area is 219 Å². The maximum atomic E-state index is 13.3. The maximum Gasteiger partial charge on any atom is 0.337 e. The van der Waals surface area contributed by atoms with E-state index in [2.05, 4.69) is 20.3 Å². The summed E-state index contributed by atoms with van der Waals surface area (Å²) in [7, 11) is -2.29. The normalized spacial score (nSPS) is 15.1. The highest BCUT2D eigenvalue weighted by Crippen LogP contribution is 2.30. The number of nitrogens with zero attached hydrogens (tertiary/aromatic N) is 5. The van der Waals surface area contributed by atoms with Gasteiger partial charge in [-0.1, -0.05) is 29.5 Å². The van der Waals surface area contributed by atoms with E-state index in [1.807, 2.05) is 19.1 Å². The molecule has 0 unspecified atom stereocenters. The molecule has 4 aromatic rings. The Bertz CT molecular complexity index is 1670. The lowest BCUT2D eigenvalue weighted by Gasteiger charge is -2.31. The van der Waals surface area contributed by atoms with Crippen LogP contribution in [0.4, 0.5) is 0 Å². The van der Waals surface area contributed by atoms with E-state index in [4.69, 9.17) is 4.74 Å². The summed E-state index contributed by atoms with van der Waals surface area (Å²) >= 11 is 0. The molecule has 12 heteroatoms. The zero-order valence-electron chi connectivity index (χ0n) is 21.3. The number of benzene rings is 2. The van der Waals surface area contributed by atoms with Gasteiger partial charge in [0.15, 0.2) is 11.2 Å². The Morgan fingerprint density at radius 2 is 1.82 bits per heavy atom. The van der Waals surface area contributed by atoms with Gasteiger partial charge in [0.05, 0.1) is 24.1 Å². The van der Waals surface area contributed by atoms with Crippen LogP contribution in [-0.2, 0) is 21.3 Å². The van der Waals surface area contributed by atoms with Gasteiger partial charge in [-0.2, -0.15) is 4.31 Å². The second-order valence-corrected chi connectivity index (χ2v) is 11.4. The van der Waals surface area contributed by atoms with Gasteiger partial charge in [-0.3, -0.25) is 4.79 Å². The van der Waals surface area contributed by atoms with Crippen LogP contribution in [0.2, 0.25) is 0 Å². The molecule has 3 heterocycles. The lowest BCUT2D eigenvalue weighted by Crippen LogP contribution is -2.38. The molecule has 0 atom stereocenters. The number of rotatable bonds is 6. The number of esters is 1. The summed E-state index contributed by atoms with van der Waals surface area (Å²) in [5.41, 5.74) is 2.99. The number of nitrogens with one attached hydrogen (secondary N) is 1. The van der Waals surface area contributed by atoms with Gasteiger partial charge in [-0.25, -0.2) is 22.9 Å². The molecule has 198 valence electrons. The number of H-pyrrole nitrogens is 1. The third-order valence-corrected chi connectivity index (χ3v) is 8.94. The number of aromatic amines is 1. The molecule has 11 nitrogen and oxygen atoms in total. The van der Waals surface area contributed by atoms with Crippen molar-refractivity contribution in [2.75, 3.05) is 20.2 Å². The Balaban J connectivity index is 1.35. The molecule has 5 rings (SSSR count). The summed E-state index contributed by atoms with van der Waals surface area (Å²) in [5, 5.41) is 8.11. The van der Waals surface area contributed by atoms with Crippen LogP contribution in [-0.4, -0.2) is 63.9 Å². The van der Waals surface area contributed by atoms with Crippen LogP contribution in [0, 0.1) is 13.8 Å². The number of sulfonamides is 1. The molecule has 0 spiro atoms. The van der Waals surface area contributed by atoms with Crippen LogP contribution in [0.1, 0.15) is 51.6 Å². The van der Waals surface area contributed by atoms with Crippen LogP contribution in [0.3, 0.4) is 0 Å². The summed E-state index contributed by atoms with van der Waals surface area (Å²) in [6, 6.07) is 12.3. The van der Waals surface area contributed by atoms with E-state index in [0.717, 1.165) is 16.7 Å². The van der Waals surface area contributed by atoms with Crippen LogP contribution in [0.25, 0.3) is 11.2 Å². The molecule has 0 bridgehead atoms. The lowest BCUT2D eigenvalue weighted by molar-refractivity contribution is 0.0600. The van der Waals surface area contributed by atoms with Gasteiger partial charge in [0, 0.05) is 19.0 Å². The van der Waals surface area contributed by atoms with Gasteiger partial charge < -0.3 is 9.72 Å². The number of methoxy groups -OCH3 is 1. The fraction of sp³-hybridized carbons (Fsp3) is 0.346. The molecule has 1 aliphatic rings. The standard InChI is InChI=1S/C26H28N6O5S/c1-16-4-5-17(2)21(14-16)38(35,36)31-12-10-19(11-13-31)23-27-24-22(25(33)28-23)29-30-32(24)15-18-6-8-20(9-7-18)26(34)37-3/h4-9,14,19H,10-13,15H2,1-3H3,(H,27,28,33). The third kappa shape index (κ3) is 4.84. The van der Waals surface area contributed by atoms with Gasteiger partial charge >= 0.3 is 5.97 Å². The average molecular weight is 537 g/mol. The highest BCUT2D eigenvalue weighted by Gasteiger charge is 2.32. The quantitative estimate of drug-likeness (QED) is 0.371. The highest BCUT2D eigenvalue weighted by molar-refractivity contribution is 7.89. The molecule has 2 aromatic heterocycles. The minimum absolute atomic E-state index is 0.111. The number of aryl methyl sites for hydroxylation is 2. The molecule has 1 fully saturated rings. The summed E-state index contributed by atoms with van der Waals surface area (Å²) < 4.78 is 34.4. The summed E-state index contributed by atoms with van der Waals surface area (Å²) in [4.78, 5) is 32.3. The molecule has 1 N–H and O–H groups in total. The Morgan fingerprint density at radius 1 is 1.11 bits per heavy atom. The van der Waals surface area contributed by atoms with Crippen molar-refractivity contribution in [1.29, 1.82) is 0 Å². The number of ether oxygens (including phenoxy) is 1. The van der Waals surface area contributed by atoms with Crippen molar-refractivity contribution in [1.82, 2.24) is 29.3 Å². The monoisotopic (exact) mass is 536 g/mol. The predicted octanol–water partition coefficient (Wildman–Crippen LogP) is 2.53. The van der Waals surface area contributed by atoms with E-state index in [1.165, 1.54) is 11.4 Å². The van der Waals surface area contributed by atoms with Crippen molar-refractivity contribution in [3.05, 3.63) is 80.9 Å². The first-order valence-corrected chi connectivity index (χ1v) is 13.7. The Morgan fingerprint density at radius 3 is 2.50 bits per heavy atom. The van der Waals surface area contributed by atoms with Gasteiger partial charge in [0.2, 0.25) is 10.0 Å². The molecule has 1 aliphatic heterocycles. The number of piperidine rings is 1. The van der Waals surface area contributed by atoms with Crippen LogP contribution in [0.5, 0.6) is 0 Å². The van der Waals surface area contributed by atoms with Gasteiger partial charge in [-0.05, 0) is 61.6 Å². The first kappa shape index (κ1) is 25.7. The first-order chi connectivity index (χ1) is 18.2. The number of carbonyl (C=O) groups is 1. The number of hydrogen-bond acceptors (Lipinski definition) is 8. The molecule has 0 saturated carbocycles. The lowest BCUT2D eigenvalue weighted by atomic mass is 9.97. The molecular weight excluding hydrogens is 508 g/mol. The number of hydrogen-bond donors (Lipinski definition) is 1. The zero-order chi connectivity index (χ0) is 27.0. The fourth-order valence-electron chi connectivity index (χ4n) is 4.71. The Kier molecular flexibility index (Phi) is 6.84. The minimum atomic E-state index is -3.62. The van der Waals surface area contributed by atoms with E-state index in [-0.39, 0.29) is 17.0 Å². The van der Waals surface area contributed by atoms with E-state index >= 15 is 0 Å². The molecule has 1 saturated heterocycles. The SMILES string of the molecule is COC(=O)c1ccc(Cn2nnc3c(=O)[nH]c(C4CCN(S(=O)(=O)c5cc(C)ccc5C)CC4)nc32)cc1. The minimum Gasteiger partial charge on any atom is -0.465 e. The fourth-order valence-corrected chi connectivity index (χ4v) is 6.49.